The predicted molar refractivity (Wildman–Crippen MR) is 53.6 cm³/mol. The average molecular weight is 284 g/mol. The van der Waals surface area contributed by atoms with Gasteiger partial charge in [0.05, 0.1) is 0 Å². The fourth-order valence-electron chi connectivity index (χ4n) is 1.60. The van der Waals surface area contributed by atoms with Crippen LogP contribution in [0.2, 0.25) is 0 Å². The summed E-state index contributed by atoms with van der Waals surface area (Å²) in [6, 6.07) is 1.36. The van der Waals surface area contributed by atoms with E-state index >= 15 is 0 Å². The normalized spacial score (nSPS) is 16.1. The van der Waals surface area contributed by atoms with Gasteiger partial charge >= 0.3 is 12.1 Å². The van der Waals surface area contributed by atoms with Crippen molar-refractivity contribution in [3.63, 3.8) is 0 Å². The van der Waals surface area contributed by atoms with Crippen LogP contribution in [0.4, 0.5) is 22.0 Å². The number of carbonyl (C=O) groups excluding carboxylic acids is 1. The third kappa shape index (κ3) is 1.71. The van der Waals surface area contributed by atoms with Gasteiger partial charge in [0.2, 0.25) is 5.78 Å². The van der Waals surface area contributed by atoms with Crippen LogP contribution in [0.15, 0.2) is 17.0 Å². The molecule has 0 saturated carbocycles. The molecule has 0 amide bonds. The Bertz CT molecular complexity index is 541. The van der Waals surface area contributed by atoms with Gasteiger partial charge in [-0.2, -0.15) is 22.0 Å². The van der Waals surface area contributed by atoms with Gasteiger partial charge in [0.1, 0.15) is 5.76 Å². The molecule has 0 radical (unpaired) electrons. The molecule has 0 spiro atoms. The van der Waals surface area contributed by atoms with Crippen LogP contribution in [-0.2, 0) is 11.2 Å². The van der Waals surface area contributed by atoms with Crippen molar-refractivity contribution in [1.29, 1.82) is 0 Å². The largest absolute Gasteiger partial charge is 0.507 e. The second-order valence-electron chi connectivity index (χ2n) is 3.66. The van der Waals surface area contributed by atoms with Crippen molar-refractivity contribution in [3.05, 3.63) is 27.5 Å². The summed E-state index contributed by atoms with van der Waals surface area (Å²) in [6.45, 7) is 0. The van der Waals surface area contributed by atoms with Gasteiger partial charge in [-0.15, -0.1) is 11.3 Å². The van der Waals surface area contributed by atoms with E-state index in [9.17, 15) is 31.9 Å². The fourth-order valence-corrected chi connectivity index (χ4v) is 2.49. The van der Waals surface area contributed by atoms with Crippen LogP contribution in [-0.4, -0.2) is 23.0 Å². The van der Waals surface area contributed by atoms with E-state index in [0.29, 0.717) is 4.88 Å². The van der Waals surface area contributed by atoms with Gasteiger partial charge in [-0.05, 0) is 11.4 Å². The molecule has 0 unspecified atom stereocenters. The molecule has 2 rings (SSSR count). The standard InChI is InChI=1S/C10H5F5O2S/c11-9(12,10(13,14)15)8(17)5-3-6-4(7(5)16)1-2-18-6/h1-2,16H,3H2. The average Bonchev–Trinajstić information content (AvgIpc) is 2.79. The van der Waals surface area contributed by atoms with Crippen LogP contribution in [0, 0.1) is 0 Å². The molecule has 2 nitrogen and oxygen atoms in total. The van der Waals surface area contributed by atoms with Crippen molar-refractivity contribution < 1.29 is 31.9 Å². The number of hydrogen-bond acceptors (Lipinski definition) is 3. The molecule has 0 aromatic carbocycles. The van der Waals surface area contributed by atoms with Gasteiger partial charge < -0.3 is 5.11 Å². The van der Waals surface area contributed by atoms with E-state index in [1.807, 2.05) is 0 Å². The molecule has 8 heteroatoms. The van der Waals surface area contributed by atoms with Crippen molar-refractivity contribution >= 4 is 22.9 Å². The van der Waals surface area contributed by atoms with E-state index in [1.54, 1.807) is 5.38 Å². The quantitative estimate of drug-likeness (QED) is 0.846. The number of rotatable bonds is 2. The van der Waals surface area contributed by atoms with E-state index < -0.39 is 35.6 Å². The van der Waals surface area contributed by atoms with E-state index in [0.717, 1.165) is 11.3 Å². The predicted octanol–water partition coefficient (Wildman–Crippen LogP) is 3.34. The van der Waals surface area contributed by atoms with Crippen LogP contribution in [0.1, 0.15) is 10.4 Å². The summed E-state index contributed by atoms with van der Waals surface area (Å²) in [5.74, 6) is -8.67. The van der Waals surface area contributed by atoms with Crippen molar-refractivity contribution in [2.45, 2.75) is 18.5 Å². The summed E-state index contributed by atoms with van der Waals surface area (Å²) in [7, 11) is 0. The first-order chi connectivity index (χ1) is 8.16. The molecule has 1 aromatic heterocycles. The van der Waals surface area contributed by atoms with Gasteiger partial charge in [-0.3, -0.25) is 4.79 Å². The summed E-state index contributed by atoms with van der Waals surface area (Å²) < 4.78 is 61.9. The molecule has 18 heavy (non-hydrogen) atoms. The second kappa shape index (κ2) is 3.78. The lowest BCUT2D eigenvalue weighted by molar-refractivity contribution is -0.266. The fraction of sp³-hybridized carbons (Fsp3) is 0.300. The number of thiophene rings is 1. The minimum atomic E-state index is -5.96. The van der Waals surface area contributed by atoms with E-state index in [2.05, 4.69) is 0 Å². The Morgan fingerprint density at radius 2 is 1.89 bits per heavy atom. The first-order valence-electron chi connectivity index (χ1n) is 4.64. The number of alkyl halides is 5. The Morgan fingerprint density at radius 1 is 1.28 bits per heavy atom. The molecule has 1 aromatic rings. The summed E-state index contributed by atoms with van der Waals surface area (Å²) >= 11 is 1.08. The third-order valence-electron chi connectivity index (χ3n) is 2.54. The molecule has 98 valence electrons. The van der Waals surface area contributed by atoms with Crippen molar-refractivity contribution in [1.82, 2.24) is 0 Å². The van der Waals surface area contributed by atoms with Crippen LogP contribution in [0.3, 0.4) is 0 Å². The van der Waals surface area contributed by atoms with Gasteiger partial charge in [-0.25, -0.2) is 0 Å². The van der Waals surface area contributed by atoms with E-state index in [4.69, 9.17) is 0 Å². The zero-order valence-electron chi connectivity index (χ0n) is 8.52. The number of fused-ring (bicyclic) bond motifs is 1. The number of aliphatic hydroxyl groups is 1. The maximum Gasteiger partial charge on any atom is 0.461 e. The first-order valence-corrected chi connectivity index (χ1v) is 5.52. The molecular weight excluding hydrogens is 279 g/mol. The lowest BCUT2D eigenvalue weighted by Gasteiger charge is -2.18. The summed E-state index contributed by atoms with van der Waals surface area (Å²) in [4.78, 5) is 11.6. The number of carbonyl (C=O) groups is 1. The van der Waals surface area contributed by atoms with Gasteiger partial charge in [-0.1, -0.05) is 0 Å². The zero-order valence-corrected chi connectivity index (χ0v) is 9.33. The van der Waals surface area contributed by atoms with Crippen LogP contribution >= 0.6 is 11.3 Å². The Morgan fingerprint density at radius 3 is 2.39 bits per heavy atom. The maximum absolute atomic E-state index is 12.9. The smallest absolute Gasteiger partial charge is 0.461 e. The summed E-state index contributed by atoms with van der Waals surface area (Å²) in [6.07, 6.45) is -6.36. The Kier molecular flexibility index (Phi) is 2.73. The number of hydrogen-bond donors (Lipinski definition) is 1. The lowest BCUT2D eigenvalue weighted by Crippen LogP contribution is -2.45. The van der Waals surface area contributed by atoms with E-state index in [1.165, 1.54) is 6.07 Å². The molecule has 1 aliphatic carbocycles. The SMILES string of the molecule is O=C(C1=C(O)c2ccsc2C1)C(F)(F)C(F)(F)F. The Balaban J connectivity index is 2.39. The van der Waals surface area contributed by atoms with Crippen LogP contribution in [0.5, 0.6) is 0 Å². The highest BCUT2D eigenvalue weighted by molar-refractivity contribution is 7.10. The molecule has 0 saturated heterocycles. The lowest BCUT2D eigenvalue weighted by atomic mass is 10.0. The molecule has 0 aliphatic heterocycles. The number of aliphatic hydroxyl groups excluding tert-OH is 1. The minimum Gasteiger partial charge on any atom is -0.507 e. The third-order valence-corrected chi connectivity index (χ3v) is 3.46. The van der Waals surface area contributed by atoms with Crippen molar-refractivity contribution in [2.24, 2.45) is 0 Å². The maximum atomic E-state index is 12.9. The van der Waals surface area contributed by atoms with Crippen LogP contribution < -0.4 is 0 Å². The highest BCUT2D eigenvalue weighted by Crippen LogP contribution is 2.42. The van der Waals surface area contributed by atoms with Crippen molar-refractivity contribution in [3.8, 4) is 0 Å². The summed E-state index contributed by atoms with van der Waals surface area (Å²) in [5, 5.41) is 11.0. The Hall–Kier alpha value is -1.44. The number of ketones is 1. The van der Waals surface area contributed by atoms with Gasteiger partial charge in [0.15, 0.2) is 0 Å². The highest BCUT2D eigenvalue weighted by Gasteiger charge is 2.64. The van der Waals surface area contributed by atoms with Gasteiger partial charge in [0, 0.05) is 22.4 Å². The molecule has 1 aliphatic rings. The summed E-state index contributed by atoms with van der Waals surface area (Å²) in [5.41, 5.74) is -0.750. The van der Waals surface area contributed by atoms with Crippen LogP contribution in [0.25, 0.3) is 5.76 Å². The topological polar surface area (TPSA) is 37.3 Å². The number of halogens is 5. The monoisotopic (exact) mass is 284 g/mol. The number of Topliss-reactive ketones (excluding diaryl/α,β-unsaturated/α-hetero) is 1. The molecule has 0 atom stereocenters. The molecular formula is C10H5F5O2S. The Labute approximate surface area is 101 Å². The first kappa shape index (κ1) is 13.0. The second-order valence-corrected chi connectivity index (χ2v) is 4.66. The molecule has 1 N–H and O–H groups in total. The molecule has 0 bridgehead atoms. The van der Waals surface area contributed by atoms with Gasteiger partial charge in [0.25, 0.3) is 0 Å². The highest BCUT2D eigenvalue weighted by atomic mass is 32.1. The van der Waals surface area contributed by atoms with E-state index in [-0.39, 0.29) is 5.56 Å². The molecule has 1 heterocycles. The van der Waals surface area contributed by atoms with Crippen molar-refractivity contribution in [2.75, 3.05) is 0 Å². The molecule has 0 fully saturated rings. The zero-order chi connectivity index (χ0) is 13.7. The number of allylic oxidation sites excluding steroid dienone is 1. The minimum absolute atomic E-state index is 0.140.